The molecule has 0 bridgehead atoms. The van der Waals surface area contributed by atoms with Crippen LogP contribution in [-0.2, 0) is 11.0 Å². The highest BCUT2D eigenvalue weighted by atomic mass is 19.4. The van der Waals surface area contributed by atoms with Gasteiger partial charge in [-0.25, -0.2) is 18.7 Å². The second kappa shape index (κ2) is 10.9. The maximum atomic E-state index is 15.3. The summed E-state index contributed by atoms with van der Waals surface area (Å²) in [7, 11) is 0. The maximum Gasteiger partial charge on any atom is 0.471 e. The van der Waals surface area contributed by atoms with Crippen molar-refractivity contribution in [3.05, 3.63) is 65.6 Å². The van der Waals surface area contributed by atoms with Gasteiger partial charge < -0.3 is 20.1 Å². The molecule has 2 aromatic heterocycles. The SMILES string of the molecule is NC(=O)C1CCCN1C(=O)c1ccc(-c2cc(F)cc3c(N4CCC(c5noc(C(F)(F)F)n5)CC4)ncnc23)cc1F. The number of aromatic nitrogens is 4. The van der Waals surface area contributed by atoms with Crippen LogP contribution < -0.4 is 10.6 Å². The van der Waals surface area contributed by atoms with E-state index in [0.717, 1.165) is 6.07 Å². The van der Waals surface area contributed by atoms with Crippen LogP contribution in [0.1, 0.15) is 53.7 Å². The minimum absolute atomic E-state index is 0.0216. The third-order valence-electron chi connectivity index (χ3n) is 7.88. The first-order valence-electron chi connectivity index (χ1n) is 13.5. The van der Waals surface area contributed by atoms with E-state index in [4.69, 9.17) is 5.73 Å². The molecular formula is C28H24F5N7O3. The Morgan fingerprint density at radius 3 is 2.44 bits per heavy atom. The summed E-state index contributed by atoms with van der Waals surface area (Å²) in [5, 5.41) is 3.85. The minimum Gasteiger partial charge on any atom is -0.368 e. The molecule has 1 unspecified atom stereocenters. The minimum atomic E-state index is -4.73. The number of carbonyl (C=O) groups excluding carboxylic acids is 2. The van der Waals surface area contributed by atoms with Gasteiger partial charge in [0.15, 0.2) is 5.82 Å². The molecule has 0 aliphatic carbocycles. The number of carbonyl (C=O) groups is 2. The third kappa shape index (κ3) is 5.34. The number of alkyl halides is 3. The predicted octanol–water partition coefficient (Wildman–Crippen LogP) is 4.45. The first-order chi connectivity index (χ1) is 20.5. The number of benzene rings is 2. The third-order valence-corrected chi connectivity index (χ3v) is 7.88. The van der Waals surface area contributed by atoms with Gasteiger partial charge in [0.2, 0.25) is 5.91 Å². The summed E-state index contributed by atoms with van der Waals surface area (Å²) in [4.78, 5) is 40.0. The predicted molar refractivity (Wildman–Crippen MR) is 142 cm³/mol. The highest BCUT2D eigenvalue weighted by Gasteiger charge is 2.39. The van der Waals surface area contributed by atoms with E-state index in [9.17, 15) is 27.2 Å². The number of fused-ring (bicyclic) bond motifs is 1. The average Bonchev–Trinajstić information content (AvgIpc) is 3.67. The lowest BCUT2D eigenvalue weighted by atomic mass is 9.95. The van der Waals surface area contributed by atoms with Crippen molar-refractivity contribution in [2.45, 2.75) is 43.8 Å². The summed E-state index contributed by atoms with van der Waals surface area (Å²) >= 11 is 0. The van der Waals surface area contributed by atoms with Gasteiger partial charge in [-0.15, -0.1) is 0 Å². The number of nitrogens with two attached hydrogens (primary N) is 1. The summed E-state index contributed by atoms with van der Waals surface area (Å²) in [6.45, 7) is 1.02. The van der Waals surface area contributed by atoms with Crippen molar-refractivity contribution in [2.24, 2.45) is 5.73 Å². The molecule has 2 N–H and O–H groups in total. The Hall–Kier alpha value is -4.69. The molecule has 4 aromatic rings. The van der Waals surface area contributed by atoms with Crippen LogP contribution in [0.4, 0.5) is 27.8 Å². The lowest BCUT2D eigenvalue weighted by Gasteiger charge is -2.32. The molecule has 4 heterocycles. The van der Waals surface area contributed by atoms with Gasteiger partial charge in [0.25, 0.3) is 5.91 Å². The molecule has 2 fully saturated rings. The van der Waals surface area contributed by atoms with E-state index in [1.807, 2.05) is 4.90 Å². The van der Waals surface area contributed by atoms with Gasteiger partial charge >= 0.3 is 12.1 Å². The summed E-state index contributed by atoms with van der Waals surface area (Å²) in [5.74, 6) is -4.15. The number of likely N-dealkylation sites (tertiary alicyclic amines) is 1. The lowest BCUT2D eigenvalue weighted by molar-refractivity contribution is -0.159. The van der Waals surface area contributed by atoms with E-state index < -0.39 is 41.6 Å². The van der Waals surface area contributed by atoms with Crippen LogP contribution in [-0.4, -0.2) is 62.5 Å². The normalized spacial score (nSPS) is 18.0. The van der Waals surface area contributed by atoms with E-state index in [1.54, 1.807) is 0 Å². The van der Waals surface area contributed by atoms with Gasteiger partial charge in [0.05, 0.1) is 11.1 Å². The molecule has 2 aromatic carbocycles. The van der Waals surface area contributed by atoms with Crippen molar-refractivity contribution in [2.75, 3.05) is 24.5 Å². The monoisotopic (exact) mass is 601 g/mol. The number of primary amides is 1. The summed E-state index contributed by atoms with van der Waals surface area (Å²) < 4.78 is 73.2. The number of rotatable bonds is 5. The molecular weight excluding hydrogens is 577 g/mol. The number of amides is 2. The van der Waals surface area contributed by atoms with E-state index in [2.05, 4.69) is 24.6 Å². The van der Waals surface area contributed by atoms with Crippen molar-refractivity contribution in [3.63, 3.8) is 0 Å². The van der Waals surface area contributed by atoms with Gasteiger partial charge in [-0.05, 0) is 55.5 Å². The van der Waals surface area contributed by atoms with Crippen LogP contribution >= 0.6 is 0 Å². The number of hydrogen-bond donors (Lipinski definition) is 1. The van der Waals surface area contributed by atoms with Gasteiger partial charge in [0, 0.05) is 36.5 Å². The first-order valence-corrected chi connectivity index (χ1v) is 13.5. The zero-order valence-electron chi connectivity index (χ0n) is 22.4. The molecule has 15 heteroatoms. The fourth-order valence-electron chi connectivity index (χ4n) is 5.77. The molecule has 0 spiro atoms. The molecule has 0 radical (unpaired) electrons. The maximum absolute atomic E-state index is 15.3. The van der Waals surface area contributed by atoms with Gasteiger partial charge in [-0.1, -0.05) is 11.2 Å². The van der Waals surface area contributed by atoms with Crippen molar-refractivity contribution < 1.29 is 36.1 Å². The number of nitrogens with zero attached hydrogens (tertiary/aromatic N) is 6. The molecule has 0 saturated carbocycles. The van der Waals surface area contributed by atoms with Crippen LogP contribution in [0.3, 0.4) is 0 Å². The lowest BCUT2D eigenvalue weighted by Crippen LogP contribution is -2.43. The fourth-order valence-corrected chi connectivity index (χ4v) is 5.77. The highest BCUT2D eigenvalue weighted by Crippen LogP contribution is 2.37. The van der Waals surface area contributed by atoms with Crippen molar-refractivity contribution in [3.8, 4) is 11.1 Å². The molecule has 2 saturated heterocycles. The van der Waals surface area contributed by atoms with Crippen LogP contribution in [0, 0.1) is 11.6 Å². The quantitative estimate of drug-likeness (QED) is 0.332. The van der Waals surface area contributed by atoms with Crippen LogP contribution in [0.2, 0.25) is 0 Å². The van der Waals surface area contributed by atoms with Crippen LogP contribution in [0.5, 0.6) is 0 Å². The summed E-state index contributed by atoms with van der Waals surface area (Å²) in [6, 6.07) is 5.55. The zero-order chi connectivity index (χ0) is 30.5. The van der Waals surface area contributed by atoms with Gasteiger partial charge in [-0.2, -0.15) is 18.2 Å². The average molecular weight is 602 g/mol. The summed E-state index contributed by atoms with van der Waals surface area (Å²) in [5.41, 5.74) is 6.05. The largest absolute Gasteiger partial charge is 0.471 e. The second-order valence-corrected chi connectivity index (χ2v) is 10.5. The standard InChI is InChI=1S/C28H24F5N7O3/c29-16-11-18(15-3-4-17(20(30)10-15)26(42)40-7-1-2-21(40)23(34)41)22-19(12-16)25(36-13-35-22)39-8-5-14(6-9-39)24-37-27(43-38-24)28(31,32)33/h3-4,10-14,21H,1-2,5-9H2,(H2,34,41). The van der Waals surface area contributed by atoms with Crippen molar-refractivity contribution in [1.82, 2.24) is 25.0 Å². The Bertz CT molecular complexity index is 1720. The zero-order valence-corrected chi connectivity index (χ0v) is 22.4. The molecule has 6 rings (SSSR count). The highest BCUT2D eigenvalue weighted by molar-refractivity contribution is 6.01. The fraction of sp³-hybridized carbons (Fsp3) is 0.357. The van der Waals surface area contributed by atoms with Gasteiger partial charge in [-0.3, -0.25) is 9.59 Å². The number of hydrogen-bond acceptors (Lipinski definition) is 8. The Balaban J connectivity index is 1.26. The van der Waals surface area contributed by atoms with Crippen LogP contribution in [0.25, 0.3) is 22.0 Å². The second-order valence-electron chi connectivity index (χ2n) is 10.5. The molecule has 1 atom stereocenters. The molecule has 10 nitrogen and oxygen atoms in total. The van der Waals surface area contributed by atoms with Crippen LogP contribution in [0.15, 0.2) is 41.2 Å². The Labute approximate surface area is 240 Å². The molecule has 2 aliphatic heterocycles. The van der Waals surface area contributed by atoms with Crippen molar-refractivity contribution in [1.29, 1.82) is 0 Å². The molecule has 2 aliphatic rings. The Kier molecular flexibility index (Phi) is 7.18. The van der Waals surface area contributed by atoms with E-state index in [-0.39, 0.29) is 35.0 Å². The van der Waals surface area contributed by atoms with Gasteiger partial charge in [0.1, 0.15) is 29.8 Å². The van der Waals surface area contributed by atoms with Crippen molar-refractivity contribution >= 4 is 28.5 Å². The summed E-state index contributed by atoms with van der Waals surface area (Å²) in [6.07, 6.45) is -1.65. The Morgan fingerprint density at radius 2 is 1.77 bits per heavy atom. The molecule has 43 heavy (non-hydrogen) atoms. The van der Waals surface area contributed by atoms with E-state index >= 15 is 4.39 Å². The number of piperidine rings is 1. The first kappa shape index (κ1) is 28.4. The number of halogens is 5. The molecule has 224 valence electrons. The van der Waals surface area contributed by atoms with E-state index in [0.29, 0.717) is 55.5 Å². The smallest absolute Gasteiger partial charge is 0.368 e. The topological polar surface area (TPSA) is 131 Å². The Morgan fingerprint density at radius 1 is 1.00 bits per heavy atom. The number of anilines is 1. The van der Waals surface area contributed by atoms with E-state index in [1.165, 1.54) is 35.5 Å². The molecule has 2 amide bonds.